The fourth-order valence-electron chi connectivity index (χ4n) is 3.93. The molecule has 140 valence electrons. The Morgan fingerprint density at radius 1 is 0.962 bits per heavy atom. The van der Waals surface area contributed by atoms with E-state index in [9.17, 15) is 8.42 Å². The Bertz CT molecular complexity index is 829. The summed E-state index contributed by atoms with van der Waals surface area (Å²) in [4.78, 5) is 0.254. The second-order valence-electron chi connectivity index (χ2n) is 7.94. The van der Waals surface area contributed by atoms with E-state index in [2.05, 4.69) is 43.4 Å². The lowest BCUT2D eigenvalue weighted by atomic mass is 9.97. The first-order valence-electron chi connectivity index (χ1n) is 9.34. The highest BCUT2D eigenvalue weighted by Gasteiger charge is 2.38. The van der Waals surface area contributed by atoms with Gasteiger partial charge in [0.25, 0.3) is 10.1 Å². The van der Waals surface area contributed by atoms with Gasteiger partial charge in [0.2, 0.25) is 0 Å². The molecule has 0 unspecified atom stereocenters. The summed E-state index contributed by atoms with van der Waals surface area (Å²) in [7, 11) is -5.35. The highest BCUT2D eigenvalue weighted by atomic mass is 32.2. The van der Waals surface area contributed by atoms with Crippen molar-refractivity contribution in [1.29, 1.82) is 0 Å². The van der Waals surface area contributed by atoms with Crippen LogP contribution >= 0.6 is 0 Å². The van der Waals surface area contributed by atoms with Crippen LogP contribution in [0, 0.1) is 6.92 Å². The minimum Gasteiger partial charge on any atom is -0.263 e. The molecule has 0 aromatic heterocycles. The van der Waals surface area contributed by atoms with Gasteiger partial charge in [0.15, 0.2) is 0 Å². The zero-order valence-corrected chi connectivity index (χ0v) is 17.6. The summed E-state index contributed by atoms with van der Waals surface area (Å²) < 4.78 is 30.9. The third-order valence-corrected chi connectivity index (χ3v) is 11.5. The molecule has 0 bridgehead atoms. The van der Waals surface area contributed by atoms with Gasteiger partial charge in [-0.25, -0.2) is 0 Å². The van der Waals surface area contributed by atoms with E-state index >= 15 is 0 Å². The Kier molecular flexibility index (Phi) is 5.70. The molecule has 0 spiro atoms. The summed E-state index contributed by atoms with van der Waals surface area (Å²) in [5, 5.41) is 1.44. The molecule has 1 fully saturated rings. The van der Waals surface area contributed by atoms with E-state index in [1.807, 2.05) is 19.1 Å². The quantitative estimate of drug-likeness (QED) is 0.554. The first kappa shape index (κ1) is 19.3. The van der Waals surface area contributed by atoms with Crippen molar-refractivity contribution >= 4 is 23.4 Å². The van der Waals surface area contributed by atoms with Gasteiger partial charge >= 0.3 is 0 Å². The average molecular weight is 389 g/mol. The molecule has 0 N–H and O–H groups in total. The summed E-state index contributed by atoms with van der Waals surface area (Å²) in [5.41, 5.74) is 1.58. The first-order valence-corrected chi connectivity index (χ1v) is 13.8. The van der Waals surface area contributed by atoms with Crippen molar-refractivity contribution in [2.45, 2.75) is 62.2 Å². The normalized spacial score (nSPS) is 21.5. The van der Waals surface area contributed by atoms with Crippen LogP contribution in [0.25, 0.3) is 0 Å². The Hall–Kier alpha value is -1.43. The summed E-state index contributed by atoms with van der Waals surface area (Å²) in [6, 6.07) is 17.6. The molecule has 1 aliphatic carbocycles. The lowest BCUT2D eigenvalue weighted by Crippen LogP contribution is -2.48. The molecule has 0 aliphatic heterocycles. The summed E-state index contributed by atoms with van der Waals surface area (Å²) in [5.74, 6) is 0. The van der Waals surface area contributed by atoms with E-state index in [4.69, 9.17) is 4.18 Å². The third kappa shape index (κ3) is 4.27. The number of hydrogen-bond donors (Lipinski definition) is 0. The molecule has 0 heterocycles. The van der Waals surface area contributed by atoms with Crippen LogP contribution in [-0.2, 0) is 14.3 Å². The van der Waals surface area contributed by atoms with Crippen LogP contribution in [0.15, 0.2) is 59.5 Å². The highest BCUT2D eigenvalue weighted by molar-refractivity contribution is 7.86. The topological polar surface area (TPSA) is 43.4 Å². The van der Waals surface area contributed by atoms with E-state index in [-0.39, 0.29) is 11.0 Å². The highest BCUT2D eigenvalue weighted by Crippen LogP contribution is 2.39. The van der Waals surface area contributed by atoms with Gasteiger partial charge in [-0.15, -0.1) is 0 Å². The van der Waals surface area contributed by atoms with Crippen molar-refractivity contribution in [2.24, 2.45) is 0 Å². The van der Waals surface area contributed by atoms with Gasteiger partial charge in [-0.05, 0) is 37.4 Å². The Labute approximate surface area is 158 Å². The van der Waals surface area contributed by atoms with Crippen molar-refractivity contribution in [2.75, 3.05) is 0 Å². The van der Waals surface area contributed by atoms with E-state index < -0.39 is 18.2 Å². The van der Waals surface area contributed by atoms with Crippen LogP contribution in [0.1, 0.15) is 31.2 Å². The average Bonchev–Trinajstić information content (AvgIpc) is 2.63. The van der Waals surface area contributed by atoms with Gasteiger partial charge in [0.1, 0.15) is 0 Å². The van der Waals surface area contributed by atoms with Crippen molar-refractivity contribution in [3.8, 4) is 0 Å². The molecule has 1 aliphatic rings. The Balaban J connectivity index is 1.73. The maximum Gasteiger partial charge on any atom is 0.297 e. The van der Waals surface area contributed by atoms with E-state index in [0.29, 0.717) is 5.54 Å². The van der Waals surface area contributed by atoms with Crippen molar-refractivity contribution in [1.82, 2.24) is 0 Å². The summed E-state index contributed by atoms with van der Waals surface area (Å²) >= 11 is 0. The monoisotopic (exact) mass is 388 g/mol. The lowest BCUT2D eigenvalue weighted by molar-refractivity contribution is 0.161. The minimum atomic E-state index is -3.69. The fourth-order valence-corrected chi connectivity index (χ4v) is 8.35. The summed E-state index contributed by atoms with van der Waals surface area (Å²) in [6.45, 7) is 6.73. The van der Waals surface area contributed by atoms with Gasteiger partial charge in [-0.3, -0.25) is 4.18 Å². The number of rotatable bonds is 5. The molecular weight excluding hydrogens is 360 g/mol. The predicted octanol–water partition coefficient (Wildman–Crippen LogP) is 4.63. The van der Waals surface area contributed by atoms with Gasteiger partial charge in [-0.1, -0.05) is 79.2 Å². The Morgan fingerprint density at radius 2 is 1.62 bits per heavy atom. The second kappa shape index (κ2) is 7.67. The minimum absolute atomic E-state index is 0.212. The number of hydrogen-bond acceptors (Lipinski definition) is 3. The molecule has 3 nitrogen and oxygen atoms in total. The molecule has 0 amide bonds. The van der Waals surface area contributed by atoms with Crippen molar-refractivity contribution in [3.63, 3.8) is 0 Å². The lowest BCUT2D eigenvalue weighted by Gasteiger charge is -2.38. The largest absolute Gasteiger partial charge is 0.297 e. The molecule has 2 atom stereocenters. The molecule has 1 saturated carbocycles. The number of aryl methyl sites for hydroxylation is 1. The molecule has 26 heavy (non-hydrogen) atoms. The maximum absolute atomic E-state index is 12.6. The van der Waals surface area contributed by atoms with Crippen molar-refractivity contribution in [3.05, 3.63) is 60.2 Å². The third-order valence-electron chi connectivity index (χ3n) is 5.74. The van der Waals surface area contributed by atoms with E-state index in [1.54, 1.807) is 12.1 Å². The summed E-state index contributed by atoms with van der Waals surface area (Å²) in [6.07, 6.45) is 3.64. The molecule has 2 aromatic carbocycles. The predicted molar refractivity (Wildman–Crippen MR) is 109 cm³/mol. The first-order chi connectivity index (χ1) is 12.3. The molecule has 0 saturated heterocycles. The van der Waals surface area contributed by atoms with Gasteiger partial charge in [0, 0.05) is 0 Å². The van der Waals surface area contributed by atoms with Crippen LogP contribution in [-0.4, -0.2) is 22.6 Å². The Morgan fingerprint density at radius 3 is 2.27 bits per heavy atom. The molecule has 5 heteroatoms. The van der Waals surface area contributed by atoms with Gasteiger partial charge in [0.05, 0.1) is 19.1 Å². The van der Waals surface area contributed by atoms with E-state index in [1.165, 1.54) is 11.6 Å². The standard InChI is InChI=1S/C21H28O3SSi/c1-17-12-14-19(15-13-17)25(22,23)24-18-8-7-11-21(16-18)26(2,3)20-9-5-4-6-10-20/h4-6,9-10,12-15,18,21H,7-8,11,16H2,1-3H3/t18-,21+/m1/s1. The van der Waals surface area contributed by atoms with Crippen LogP contribution in [0.4, 0.5) is 0 Å². The number of benzene rings is 2. The zero-order valence-electron chi connectivity index (χ0n) is 15.8. The van der Waals surface area contributed by atoms with Crippen LogP contribution in [0.3, 0.4) is 0 Å². The van der Waals surface area contributed by atoms with Crippen molar-refractivity contribution < 1.29 is 12.6 Å². The molecular formula is C21H28O3SSi. The smallest absolute Gasteiger partial charge is 0.263 e. The van der Waals surface area contributed by atoms with Gasteiger partial charge in [-0.2, -0.15) is 8.42 Å². The second-order valence-corrected chi connectivity index (χ2v) is 14.3. The van der Waals surface area contributed by atoms with Gasteiger partial charge < -0.3 is 0 Å². The fraction of sp³-hybridized carbons (Fsp3) is 0.429. The molecule has 3 rings (SSSR count). The van der Waals surface area contributed by atoms with E-state index in [0.717, 1.165) is 24.8 Å². The zero-order chi connectivity index (χ0) is 18.8. The van der Waals surface area contributed by atoms with Crippen LogP contribution in [0.5, 0.6) is 0 Å². The maximum atomic E-state index is 12.6. The molecule has 0 radical (unpaired) electrons. The van der Waals surface area contributed by atoms with Crippen LogP contribution in [0.2, 0.25) is 18.6 Å². The molecule has 2 aromatic rings. The SMILES string of the molecule is Cc1ccc(S(=O)(=O)O[C@@H]2CCC[C@H]([Si](C)(C)c3ccccc3)C2)cc1. The van der Waals surface area contributed by atoms with Crippen LogP contribution < -0.4 is 5.19 Å².